The van der Waals surface area contributed by atoms with Gasteiger partial charge in [0.1, 0.15) is 0 Å². The van der Waals surface area contributed by atoms with E-state index in [0.717, 1.165) is 0 Å². The van der Waals surface area contributed by atoms with E-state index in [4.69, 9.17) is 0 Å². The number of rotatable bonds is 1. The molecule has 0 spiro atoms. The average Bonchev–Trinajstić information content (AvgIpc) is 1.35. The summed E-state index contributed by atoms with van der Waals surface area (Å²) in [6, 6.07) is 0. The van der Waals surface area contributed by atoms with Crippen molar-refractivity contribution in [1.82, 2.24) is 0 Å². The standard InChI is InChI=1S/C3H5O3.3Na/c1-2-3(4,5)6;;;/h2H2,1H3;;;/q-3;3*+1. The first-order valence-corrected chi connectivity index (χ1v) is 1.67. The molecule has 0 saturated carbocycles. The van der Waals surface area contributed by atoms with Crippen LogP contribution in [0.2, 0.25) is 0 Å². The van der Waals surface area contributed by atoms with Gasteiger partial charge in [-0.15, -0.1) is 0 Å². The molecule has 0 aromatic heterocycles. The maximum Gasteiger partial charge on any atom is 1.00 e. The molecule has 0 aromatic rings. The van der Waals surface area contributed by atoms with Crippen LogP contribution in [-0.4, -0.2) is 5.97 Å². The Morgan fingerprint density at radius 2 is 1.11 bits per heavy atom. The Kier molecular flexibility index (Phi) is 27.4. The van der Waals surface area contributed by atoms with Gasteiger partial charge in [0.2, 0.25) is 0 Å². The Morgan fingerprint density at radius 3 is 1.11 bits per heavy atom. The summed E-state index contributed by atoms with van der Waals surface area (Å²) in [4.78, 5) is 0. The van der Waals surface area contributed by atoms with Crippen molar-refractivity contribution in [2.24, 2.45) is 0 Å². The van der Waals surface area contributed by atoms with E-state index >= 15 is 0 Å². The van der Waals surface area contributed by atoms with E-state index in [9.17, 15) is 15.3 Å². The zero-order chi connectivity index (χ0) is 5.21. The molecular weight excluding hydrogens is 153 g/mol. The Balaban J connectivity index is -0.0000000417. The molecule has 0 heterocycles. The van der Waals surface area contributed by atoms with E-state index in [-0.39, 0.29) is 88.7 Å². The fraction of sp³-hybridized carbons (Fsp3) is 1.00. The normalized spacial score (nSPS) is 8.00. The van der Waals surface area contributed by atoms with Crippen molar-refractivity contribution < 1.29 is 104 Å². The molecule has 0 bridgehead atoms. The van der Waals surface area contributed by atoms with Crippen LogP contribution in [0, 0.1) is 0 Å². The predicted octanol–water partition coefficient (Wildman–Crippen LogP) is -11.9. The summed E-state index contributed by atoms with van der Waals surface area (Å²) in [6.45, 7) is 1.27. The van der Waals surface area contributed by atoms with E-state index in [1.165, 1.54) is 6.92 Å². The van der Waals surface area contributed by atoms with Crippen molar-refractivity contribution in [2.45, 2.75) is 19.3 Å². The summed E-state index contributed by atoms with van der Waals surface area (Å²) in [5.41, 5.74) is 0. The molecule has 0 radical (unpaired) electrons. The van der Waals surface area contributed by atoms with Gasteiger partial charge in [0, 0.05) is 0 Å². The van der Waals surface area contributed by atoms with Gasteiger partial charge in [0.05, 0.1) is 0 Å². The molecule has 0 aliphatic rings. The van der Waals surface area contributed by atoms with Crippen molar-refractivity contribution >= 4 is 0 Å². The van der Waals surface area contributed by atoms with Crippen LogP contribution in [0.5, 0.6) is 0 Å². The zero-order valence-electron chi connectivity index (χ0n) is 6.43. The Bertz CT molecular complexity index is 44.1. The molecule has 0 aliphatic carbocycles. The summed E-state index contributed by atoms with van der Waals surface area (Å²) in [5, 5.41) is 28.1. The molecule has 0 unspecified atom stereocenters. The summed E-state index contributed by atoms with van der Waals surface area (Å²) in [6.07, 6.45) is -0.396. The van der Waals surface area contributed by atoms with Gasteiger partial charge in [-0.3, -0.25) is 0 Å². The fourth-order valence-electron chi connectivity index (χ4n) is 0. The quantitative estimate of drug-likeness (QED) is 0.281. The maximum atomic E-state index is 9.36. The van der Waals surface area contributed by atoms with Gasteiger partial charge in [-0.2, -0.15) is 0 Å². The van der Waals surface area contributed by atoms with Crippen molar-refractivity contribution in [3.05, 3.63) is 0 Å². The minimum atomic E-state index is -3.21. The molecule has 3 nitrogen and oxygen atoms in total. The largest absolute Gasteiger partial charge is 1.00 e. The molecule has 38 valence electrons. The molecule has 0 saturated heterocycles. The smallest absolute Gasteiger partial charge is 0.876 e. The van der Waals surface area contributed by atoms with Crippen LogP contribution in [0.25, 0.3) is 0 Å². The zero-order valence-corrected chi connectivity index (χ0v) is 12.4. The van der Waals surface area contributed by atoms with Crippen molar-refractivity contribution in [3.63, 3.8) is 0 Å². The first-order chi connectivity index (χ1) is 2.56. The van der Waals surface area contributed by atoms with Crippen LogP contribution in [0.4, 0.5) is 0 Å². The van der Waals surface area contributed by atoms with Crippen LogP contribution in [-0.2, 0) is 0 Å². The van der Waals surface area contributed by atoms with Crippen LogP contribution < -0.4 is 104 Å². The first-order valence-electron chi connectivity index (χ1n) is 1.67. The molecule has 0 amide bonds. The number of hydrogen-bond donors (Lipinski definition) is 0. The minimum Gasteiger partial charge on any atom is -0.876 e. The predicted molar refractivity (Wildman–Crippen MR) is 13.0 cm³/mol. The van der Waals surface area contributed by atoms with Gasteiger partial charge in [-0.05, 0) is 0 Å². The first kappa shape index (κ1) is 22.6. The molecule has 0 aliphatic heterocycles. The monoisotopic (exact) mass is 158 g/mol. The van der Waals surface area contributed by atoms with Gasteiger partial charge in [0.25, 0.3) is 0 Å². The van der Waals surface area contributed by atoms with E-state index < -0.39 is 12.4 Å². The van der Waals surface area contributed by atoms with Crippen molar-refractivity contribution in [1.29, 1.82) is 0 Å². The SMILES string of the molecule is CCC([O-])([O-])[O-].[Na+].[Na+].[Na+]. The van der Waals surface area contributed by atoms with Gasteiger partial charge in [0.15, 0.2) is 0 Å². The van der Waals surface area contributed by atoms with E-state index in [2.05, 4.69) is 0 Å². The molecule has 0 atom stereocenters. The fourth-order valence-corrected chi connectivity index (χ4v) is 0. The molecule has 0 fully saturated rings. The topological polar surface area (TPSA) is 69.2 Å². The van der Waals surface area contributed by atoms with E-state index in [1.54, 1.807) is 0 Å². The van der Waals surface area contributed by atoms with Crippen molar-refractivity contribution in [3.8, 4) is 0 Å². The molecule has 0 aromatic carbocycles. The Hall–Kier alpha value is 2.88. The third-order valence-corrected chi connectivity index (χ3v) is 0.433. The second-order valence-electron chi connectivity index (χ2n) is 1.04. The third-order valence-electron chi connectivity index (χ3n) is 0.433. The second kappa shape index (κ2) is 10.9. The molecule has 0 rings (SSSR count). The Labute approximate surface area is 121 Å². The van der Waals surface area contributed by atoms with Gasteiger partial charge in [-0.1, -0.05) is 13.3 Å². The second-order valence-corrected chi connectivity index (χ2v) is 1.04. The van der Waals surface area contributed by atoms with E-state index in [1.807, 2.05) is 0 Å². The maximum absolute atomic E-state index is 9.36. The minimum absolute atomic E-state index is 0. The van der Waals surface area contributed by atoms with Gasteiger partial charge >= 0.3 is 88.7 Å². The summed E-state index contributed by atoms with van der Waals surface area (Å²) in [7, 11) is 0. The van der Waals surface area contributed by atoms with E-state index in [0.29, 0.717) is 0 Å². The van der Waals surface area contributed by atoms with Crippen LogP contribution >= 0.6 is 0 Å². The van der Waals surface area contributed by atoms with Gasteiger partial charge in [-0.25, -0.2) is 0 Å². The Morgan fingerprint density at radius 1 is 1.00 bits per heavy atom. The van der Waals surface area contributed by atoms with Crippen LogP contribution in [0.15, 0.2) is 0 Å². The van der Waals surface area contributed by atoms with Crippen LogP contribution in [0.3, 0.4) is 0 Å². The summed E-state index contributed by atoms with van der Waals surface area (Å²) < 4.78 is 0. The molecule has 0 N–H and O–H groups in total. The average molecular weight is 158 g/mol. The third kappa shape index (κ3) is 24.8. The van der Waals surface area contributed by atoms with Gasteiger partial charge < -0.3 is 21.3 Å². The summed E-state index contributed by atoms with van der Waals surface area (Å²) >= 11 is 0. The summed E-state index contributed by atoms with van der Waals surface area (Å²) in [5.74, 6) is -3.21. The molecule has 9 heavy (non-hydrogen) atoms. The van der Waals surface area contributed by atoms with Crippen LogP contribution in [0.1, 0.15) is 13.3 Å². The molecule has 6 heteroatoms. The molecular formula is C3H5Na3O3. The van der Waals surface area contributed by atoms with Crippen molar-refractivity contribution in [2.75, 3.05) is 0 Å². The number of hydrogen-bond acceptors (Lipinski definition) is 3.